The Balaban J connectivity index is 1.92. The molecule has 1 heteroatoms. The summed E-state index contributed by atoms with van der Waals surface area (Å²) in [6.07, 6.45) is 10.9. The summed E-state index contributed by atoms with van der Waals surface area (Å²) in [5.41, 5.74) is 5.39. The van der Waals surface area contributed by atoms with Crippen molar-refractivity contribution in [1.29, 1.82) is 0 Å². The van der Waals surface area contributed by atoms with Crippen molar-refractivity contribution in [3.8, 4) is 0 Å². The SMILES string of the molecule is CC(C)(C)C1=CCC([Si](C)(C)C2C=Cc3ccccc32)=C1. The highest BCUT2D eigenvalue weighted by molar-refractivity contribution is 6.86. The predicted octanol–water partition coefficient (Wildman–Crippen LogP) is 5.89. The zero-order valence-corrected chi connectivity index (χ0v) is 14.9. The fraction of sp³-hybridized carbons (Fsp3) is 0.400. The van der Waals surface area contributed by atoms with Crippen LogP contribution in [0, 0.1) is 5.41 Å². The van der Waals surface area contributed by atoms with Gasteiger partial charge in [0, 0.05) is 5.54 Å². The highest BCUT2D eigenvalue weighted by Crippen LogP contribution is 2.44. The minimum Gasteiger partial charge on any atom is -0.0788 e. The van der Waals surface area contributed by atoms with Crippen molar-refractivity contribution in [3.63, 3.8) is 0 Å². The highest BCUT2D eigenvalue weighted by atomic mass is 28.3. The molecular weight excluding hydrogens is 268 g/mol. The lowest BCUT2D eigenvalue weighted by Crippen LogP contribution is -2.36. The molecule has 2 aliphatic carbocycles. The van der Waals surface area contributed by atoms with Crippen molar-refractivity contribution in [3.05, 3.63) is 64.4 Å². The molecule has 2 aliphatic rings. The number of fused-ring (bicyclic) bond motifs is 1. The van der Waals surface area contributed by atoms with Gasteiger partial charge in [0.2, 0.25) is 0 Å². The molecule has 3 rings (SSSR count). The molecule has 0 amide bonds. The lowest BCUT2D eigenvalue weighted by Gasteiger charge is -2.31. The van der Waals surface area contributed by atoms with Gasteiger partial charge in [0.15, 0.2) is 0 Å². The van der Waals surface area contributed by atoms with Gasteiger partial charge in [-0.2, -0.15) is 0 Å². The van der Waals surface area contributed by atoms with Crippen LogP contribution in [0.15, 0.2) is 53.3 Å². The first-order valence-electron chi connectivity index (χ1n) is 7.99. The van der Waals surface area contributed by atoms with Crippen LogP contribution in [0.25, 0.3) is 6.08 Å². The van der Waals surface area contributed by atoms with Crippen LogP contribution in [0.4, 0.5) is 0 Å². The fourth-order valence-electron chi connectivity index (χ4n) is 3.58. The van der Waals surface area contributed by atoms with Crippen LogP contribution in [0.1, 0.15) is 43.9 Å². The Bertz CT molecular complexity index is 651. The number of allylic oxidation sites excluding steroid dienone is 5. The minimum absolute atomic E-state index is 0.273. The van der Waals surface area contributed by atoms with Crippen LogP contribution < -0.4 is 0 Å². The number of hydrogen-bond donors (Lipinski definition) is 0. The molecule has 1 unspecified atom stereocenters. The van der Waals surface area contributed by atoms with E-state index in [1.807, 2.05) is 0 Å². The van der Waals surface area contributed by atoms with Gasteiger partial charge in [0.25, 0.3) is 0 Å². The van der Waals surface area contributed by atoms with E-state index < -0.39 is 8.07 Å². The maximum Gasteiger partial charge on any atom is 0.0873 e. The molecule has 1 atom stereocenters. The molecule has 0 bridgehead atoms. The monoisotopic (exact) mass is 294 g/mol. The average Bonchev–Trinajstić information content (AvgIpc) is 3.05. The second kappa shape index (κ2) is 4.84. The van der Waals surface area contributed by atoms with Gasteiger partial charge in [-0.1, -0.05) is 87.6 Å². The van der Waals surface area contributed by atoms with Gasteiger partial charge >= 0.3 is 0 Å². The molecule has 0 spiro atoms. The summed E-state index contributed by atoms with van der Waals surface area (Å²) in [5.74, 6) is 0. The second-order valence-electron chi connectivity index (χ2n) is 7.97. The van der Waals surface area contributed by atoms with Crippen molar-refractivity contribution < 1.29 is 0 Å². The van der Waals surface area contributed by atoms with Crippen LogP contribution in [-0.4, -0.2) is 8.07 Å². The number of hydrogen-bond acceptors (Lipinski definition) is 0. The van der Waals surface area contributed by atoms with Gasteiger partial charge in [0.05, 0.1) is 8.07 Å². The van der Waals surface area contributed by atoms with E-state index in [0.717, 1.165) is 0 Å². The Hall–Kier alpha value is -1.34. The zero-order chi connectivity index (χ0) is 15.3. The third kappa shape index (κ3) is 2.48. The number of benzene rings is 1. The van der Waals surface area contributed by atoms with Gasteiger partial charge in [-0.3, -0.25) is 0 Å². The molecule has 1 aromatic rings. The maximum atomic E-state index is 2.54. The Kier molecular flexibility index (Phi) is 3.36. The summed E-state index contributed by atoms with van der Waals surface area (Å²) in [7, 11) is -1.49. The largest absolute Gasteiger partial charge is 0.0873 e. The van der Waals surface area contributed by atoms with Crippen LogP contribution >= 0.6 is 0 Å². The molecule has 0 nitrogen and oxygen atoms in total. The van der Waals surface area contributed by atoms with E-state index in [0.29, 0.717) is 5.54 Å². The molecular formula is C20H26Si. The summed E-state index contributed by atoms with van der Waals surface area (Å²) < 4.78 is 0. The first-order chi connectivity index (χ1) is 9.80. The Morgan fingerprint density at radius 1 is 1.10 bits per heavy atom. The van der Waals surface area contributed by atoms with E-state index in [1.165, 1.54) is 17.6 Å². The molecule has 0 N–H and O–H groups in total. The van der Waals surface area contributed by atoms with Crippen LogP contribution in [-0.2, 0) is 0 Å². The Morgan fingerprint density at radius 3 is 2.48 bits per heavy atom. The summed E-state index contributed by atoms with van der Waals surface area (Å²) in [6, 6.07) is 8.90. The first kappa shape index (κ1) is 14.6. The van der Waals surface area contributed by atoms with E-state index in [-0.39, 0.29) is 5.41 Å². The molecule has 0 saturated heterocycles. The van der Waals surface area contributed by atoms with E-state index in [4.69, 9.17) is 0 Å². The molecule has 1 aromatic carbocycles. The van der Waals surface area contributed by atoms with Gasteiger partial charge in [-0.25, -0.2) is 0 Å². The molecule has 0 fully saturated rings. The summed E-state index contributed by atoms with van der Waals surface area (Å²) >= 11 is 0. The van der Waals surface area contributed by atoms with E-state index in [1.54, 1.807) is 10.8 Å². The van der Waals surface area contributed by atoms with Crippen molar-refractivity contribution in [2.75, 3.05) is 0 Å². The molecule has 21 heavy (non-hydrogen) atoms. The molecule has 0 heterocycles. The molecule has 110 valence electrons. The standard InChI is InChI=1S/C20H26Si/c1-20(2,3)16-11-12-17(14-16)21(4,5)19-13-10-15-8-6-7-9-18(15)19/h6-11,13-14,19H,12H2,1-5H3. The van der Waals surface area contributed by atoms with Crippen molar-refractivity contribution in [2.45, 2.75) is 45.8 Å². The third-order valence-corrected chi connectivity index (χ3v) is 9.20. The van der Waals surface area contributed by atoms with Crippen molar-refractivity contribution in [2.24, 2.45) is 5.41 Å². The minimum atomic E-state index is -1.49. The quantitative estimate of drug-likeness (QED) is 0.597. The van der Waals surface area contributed by atoms with E-state index in [2.05, 4.69) is 82.4 Å². The van der Waals surface area contributed by atoms with Crippen molar-refractivity contribution >= 4 is 14.1 Å². The van der Waals surface area contributed by atoms with Crippen LogP contribution in [0.3, 0.4) is 0 Å². The van der Waals surface area contributed by atoms with Gasteiger partial charge in [-0.15, -0.1) is 0 Å². The third-order valence-electron chi connectivity index (χ3n) is 5.14. The highest BCUT2D eigenvalue weighted by Gasteiger charge is 2.38. The molecule has 0 radical (unpaired) electrons. The van der Waals surface area contributed by atoms with E-state index >= 15 is 0 Å². The van der Waals surface area contributed by atoms with Gasteiger partial charge < -0.3 is 0 Å². The normalized spacial score (nSPS) is 21.3. The Labute approximate surface area is 130 Å². The summed E-state index contributed by atoms with van der Waals surface area (Å²) in [6.45, 7) is 12.0. The van der Waals surface area contributed by atoms with Crippen LogP contribution in [0.5, 0.6) is 0 Å². The maximum absolute atomic E-state index is 2.54. The predicted molar refractivity (Wildman–Crippen MR) is 95.9 cm³/mol. The van der Waals surface area contributed by atoms with Gasteiger partial charge in [-0.05, 0) is 28.5 Å². The zero-order valence-electron chi connectivity index (χ0n) is 13.9. The molecule has 0 saturated carbocycles. The molecule has 0 aliphatic heterocycles. The van der Waals surface area contributed by atoms with E-state index in [9.17, 15) is 0 Å². The summed E-state index contributed by atoms with van der Waals surface area (Å²) in [5, 5.41) is 1.71. The average molecular weight is 295 g/mol. The first-order valence-corrected chi connectivity index (χ1v) is 11.1. The second-order valence-corrected chi connectivity index (χ2v) is 12.7. The Morgan fingerprint density at radius 2 is 1.81 bits per heavy atom. The number of rotatable bonds is 2. The van der Waals surface area contributed by atoms with Crippen molar-refractivity contribution in [1.82, 2.24) is 0 Å². The fourth-order valence-corrected chi connectivity index (χ4v) is 6.75. The van der Waals surface area contributed by atoms with Crippen LogP contribution in [0.2, 0.25) is 13.1 Å². The lowest BCUT2D eigenvalue weighted by molar-refractivity contribution is 0.518. The topological polar surface area (TPSA) is 0 Å². The molecule has 0 aromatic heterocycles. The lowest BCUT2D eigenvalue weighted by atomic mass is 9.87. The van der Waals surface area contributed by atoms with Gasteiger partial charge in [0.1, 0.15) is 0 Å². The summed E-state index contributed by atoms with van der Waals surface area (Å²) in [4.78, 5) is 0. The smallest absolute Gasteiger partial charge is 0.0788 e.